The highest BCUT2D eigenvalue weighted by Gasteiger charge is 2.36. The molecule has 1 aliphatic heterocycles. The molecule has 1 saturated heterocycles. The number of carboxylic acid groups (broad SMARTS) is 1. The largest absolute Gasteiger partial charge is 0.480 e. The van der Waals surface area contributed by atoms with Crippen LogP contribution in [-0.4, -0.2) is 72.2 Å². The van der Waals surface area contributed by atoms with E-state index in [2.05, 4.69) is 36.0 Å². The lowest BCUT2D eigenvalue weighted by atomic mass is 10.0. The summed E-state index contributed by atoms with van der Waals surface area (Å²) < 4.78 is 0. The Bertz CT molecular complexity index is 298. The number of aliphatic carboxylic acids is 1. The van der Waals surface area contributed by atoms with Gasteiger partial charge in [0.15, 0.2) is 0 Å². The monoisotopic (exact) mass is 271 g/mol. The average molecular weight is 271 g/mol. The van der Waals surface area contributed by atoms with Crippen LogP contribution in [0.4, 0.5) is 0 Å². The van der Waals surface area contributed by atoms with Crippen molar-refractivity contribution in [1.82, 2.24) is 15.1 Å². The summed E-state index contributed by atoms with van der Waals surface area (Å²) in [6.07, 6.45) is 2.05. The average Bonchev–Trinajstić information content (AvgIpc) is 2.48. The number of nitrogens with one attached hydrogen (secondary N) is 1. The Labute approximate surface area is 117 Å². The Hall–Kier alpha value is -0.650. The van der Waals surface area contributed by atoms with E-state index < -0.39 is 11.5 Å². The van der Waals surface area contributed by atoms with Gasteiger partial charge >= 0.3 is 5.97 Å². The molecule has 0 amide bonds. The molecule has 2 unspecified atom stereocenters. The van der Waals surface area contributed by atoms with Crippen LogP contribution >= 0.6 is 0 Å². The second kappa shape index (κ2) is 7.22. The van der Waals surface area contributed by atoms with Gasteiger partial charge in [0.05, 0.1) is 0 Å². The minimum atomic E-state index is -0.854. The minimum Gasteiger partial charge on any atom is -0.480 e. The van der Waals surface area contributed by atoms with Crippen molar-refractivity contribution >= 4 is 5.97 Å². The van der Waals surface area contributed by atoms with E-state index in [1.165, 1.54) is 0 Å². The maximum absolute atomic E-state index is 11.6. The van der Waals surface area contributed by atoms with Crippen molar-refractivity contribution in [2.24, 2.45) is 0 Å². The van der Waals surface area contributed by atoms with Crippen LogP contribution in [0.25, 0.3) is 0 Å². The minimum absolute atomic E-state index is 0.398. The normalized spacial score (nSPS) is 25.8. The van der Waals surface area contributed by atoms with Crippen molar-refractivity contribution in [1.29, 1.82) is 0 Å². The first-order valence-electron chi connectivity index (χ1n) is 7.30. The number of hydrogen-bond donors (Lipinski definition) is 2. The number of carboxylic acids is 1. The van der Waals surface area contributed by atoms with Gasteiger partial charge in [0.2, 0.25) is 0 Å². The lowest BCUT2D eigenvalue weighted by Crippen LogP contribution is -2.58. The zero-order chi connectivity index (χ0) is 14.5. The van der Waals surface area contributed by atoms with Crippen molar-refractivity contribution in [3.8, 4) is 0 Å². The first-order valence-corrected chi connectivity index (χ1v) is 7.30. The first kappa shape index (κ1) is 16.4. The van der Waals surface area contributed by atoms with Crippen molar-refractivity contribution in [2.75, 3.05) is 39.8 Å². The molecule has 0 spiro atoms. The molecule has 5 heteroatoms. The maximum Gasteiger partial charge on any atom is 0.324 e. The van der Waals surface area contributed by atoms with E-state index in [-0.39, 0.29) is 0 Å². The van der Waals surface area contributed by atoms with Gasteiger partial charge in [-0.05, 0) is 53.4 Å². The Morgan fingerprint density at radius 3 is 2.74 bits per heavy atom. The van der Waals surface area contributed by atoms with Gasteiger partial charge in [-0.25, -0.2) is 0 Å². The van der Waals surface area contributed by atoms with E-state index in [1.54, 1.807) is 6.92 Å². The second-order valence-electron chi connectivity index (χ2n) is 6.00. The number of hydrogen-bond acceptors (Lipinski definition) is 4. The van der Waals surface area contributed by atoms with Crippen LogP contribution in [0, 0.1) is 0 Å². The second-order valence-corrected chi connectivity index (χ2v) is 6.00. The van der Waals surface area contributed by atoms with Crippen LogP contribution in [-0.2, 0) is 4.79 Å². The summed E-state index contributed by atoms with van der Waals surface area (Å²) in [5.74, 6) is -0.759. The Balaban J connectivity index is 2.69. The van der Waals surface area contributed by atoms with Crippen molar-refractivity contribution in [3.05, 3.63) is 0 Å². The molecular weight excluding hydrogens is 242 g/mol. The highest BCUT2D eigenvalue weighted by Crippen LogP contribution is 2.14. The fourth-order valence-corrected chi connectivity index (χ4v) is 2.66. The Morgan fingerprint density at radius 2 is 2.16 bits per heavy atom. The molecule has 0 bridgehead atoms. The van der Waals surface area contributed by atoms with Gasteiger partial charge in [-0.2, -0.15) is 0 Å². The van der Waals surface area contributed by atoms with Gasteiger partial charge in [-0.15, -0.1) is 0 Å². The van der Waals surface area contributed by atoms with Crippen LogP contribution in [0.5, 0.6) is 0 Å². The number of nitrogens with zero attached hydrogens (tertiary/aromatic N) is 2. The molecular formula is C14H29N3O2. The SMILES string of the molecule is CCCNC(C)(CN1CCCN(C)CC1C)C(=O)O. The maximum atomic E-state index is 11.6. The topological polar surface area (TPSA) is 55.8 Å². The fourth-order valence-electron chi connectivity index (χ4n) is 2.66. The van der Waals surface area contributed by atoms with Gasteiger partial charge in [0, 0.05) is 19.1 Å². The van der Waals surface area contributed by atoms with Gasteiger partial charge in [0.1, 0.15) is 5.54 Å². The fraction of sp³-hybridized carbons (Fsp3) is 0.929. The number of likely N-dealkylation sites (N-methyl/N-ethyl adjacent to an activating group) is 1. The van der Waals surface area contributed by atoms with E-state index in [9.17, 15) is 9.90 Å². The Kier molecular flexibility index (Phi) is 6.23. The molecule has 1 heterocycles. The molecule has 2 N–H and O–H groups in total. The zero-order valence-electron chi connectivity index (χ0n) is 12.8. The van der Waals surface area contributed by atoms with E-state index in [1.807, 2.05) is 0 Å². The summed E-state index contributed by atoms with van der Waals surface area (Å²) >= 11 is 0. The summed E-state index contributed by atoms with van der Waals surface area (Å²) in [6, 6.07) is 0.398. The molecule has 0 radical (unpaired) electrons. The molecule has 0 aromatic heterocycles. The highest BCUT2D eigenvalue weighted by molar-refractivity contribution is 5.78. The van der Waals surface area contributed by atoms with Crippen molar-refractivity contribution < 1.29 is 9.90 Å². The molecule has 112 valence electrons. The summed E-state index contributed by atoms with van der Waals surface area (Å²) in [7, 11) is 2.13. The molecule has 1 aliphatic rings. The molecule has 0 aromatic carbocycles. The number of carbonyl (C=O) groups is 1. The smallest absolute Gasteiger partial charge is 0.324 e. The van der Waals surface area contributed by atoms with Gasteiger partial charge < -0.3 is 15.3 Å². The van der Waals surface area contributed by atoms with Crippen LogP contribution in [0.3, 0.4) is 0 Å². The third-order valence-corrected chi connectivity index (χ3v) is 3.94. The molecule has 0 saturated carbocycles. The summed E-state index contributed by atoms with van der Waals surface area (Å²) in [6.45, 7) is 10.4. The lowest BCUT2D eigenvalue weighted by molar-refractivity contribution is -0.145. The number of rotatable bonds is 6. The van der Waals surface area contributed by atoms with Gasteiger partial charge in [-0.3, -0.25) is 9.69 Å². The molecule has 19 heavy (non-hydrogen) atoms. The first-order chi connectivity index (χ1) is 8.89. The summed E-state index contributed by atoms with van der Waals surface area (Å²) in [5, 5.41) is 12.7. The van der Waals surface area contributed by atoms with Gasteiger partial charge in [0.25, 0.3) is 0 Å². The third-order valence-electron chi connectivity index (χ3n) is 3.94. The van der Waals surface area contributed by atoms with Crippen molar-refractivity contribution in [2.45, 2.75) is 45.2 Å². The molecule has 0 aromatic rings. The predicted molar refractivity (Wildman–Crippen MR) is 77.5 cm³/mol. The van der Waals surface area contributed by atoms with Crippen LogP contribution in [0.1, 0.15) is 33.6 Å². The van der Waals surface area contributed by atoms with E-state index in [4.69, 9.17) is 0 Å². The molecule has 0 aliphatic carbocycles. The standard InChI is InChI=1S/C14H29N3O2/c1-5-7-15-14(3,13(18)19)11-17-9-6-8-16(4)10-12(17)2/h12,15H,5-11H2,1-4H3,(H,18,19). The van der Waals surface area contributed by atoms with Crippen LogP contribution < -0.4 is 5.32 Å². The summed E-state index contributed by atoms with van der Waals surface area (Å²) in [5.41, 5.74) is -0.854. The van der Waals surface area contributed by atoms with E-state index in [0.29, 0.717) is 12.6 Å². The molecule has 5 nitrogen and oxygen atoms in total. The van der Waals surface area contributed by atoms with Crippen LogP contribution in [0.2, 0.25) is 0 Å². The molecule has 2 atom stereocenters. The molecule has 1 rings (SSSR count). The molecule has 1 fully saturated rings. The quantitative estimate of drug-likeness (QED) is 0.750. The van der Waals surface area contributed by atoms with Crippen LogP contribution in [0.15, 0.2) is 0 Å². The Morgan fingerprint density at radius 1 is 1.47 bits per heavy atom. The lowest BCUT2D eigenvalue weighted by Gasteiger charge is -2.36. The van der Waals surface area contributed by atoms with E-state index >= 15 is 0 Å². The van der Waals surface area contributed by atoms with Crippen molar-refractivity contribution in [3.63, 3.8) is 0 Å². The highest BCUT2D eigenvalue weighted by atomic mass is 16.4. The summed E-state index contributed by atoms with van der Waals surface area (Å²) in [4.78, 5) is 16.2. The zero-order valence-corrected chi connectivity index (χ0v) is 12.8. The van der Waals surface area contributed by atoms with E-state index in [0.717, 1.165) is 39.0 Å². The van der Waals surface area contributed by atoms with Gasteiger partial charge in [-0.1, -0.05) is 6.92 Å². The predicted octanol–water partition coefficient (Wildman–Crippen LogP) is 0.855. The third kappa shape index (κ3) is 4.75.